The van der Waals surface area contributed by atoms with Crippen LogP contribution in [0.15, 0.2) is 24.3 Å². The minimum atomic E-state index is -1.02. The molecule has 0 bridgehead atoms. The maximum Gasteiger partial charge on any atom is 0.330 e. The van der Waals surface area contributed by atoms with Crippen LogP contribution in [-0.4, -0.2) is 19.6 Å². The molecule has 0 aromatic heterocycles. The molecule has 1 atom stereocenters. The van der Waals surface area contributed by atoms with Crippen molar-refractivity contribution in [2.24, 2.45) is 0 Å². The highest BCUT2D eigenvalue weighted by atomic mass is 19.1. The van der Waals surface area contributed by atoms with Gasteiger partial charge in [0, 0.05) is 0 Å². The Hall–Kier alpha value is -1.42. The van der Waals surface area contributed by atoms with Crippen LogP contribution < -0.4 is 5.32 Å². The van der Waals surface area contributed by atoms with E-state index in [1.165, 1.54) is 12.1 Å². The summed E-state index contributed by atoms with van der Waals surface area (Å²) in [6.07, 6.45) is 0. The molecule has 16 heavy (non-hydrogen) atoms. The number of carbonyl (C=O) groups excluding carboxylic acids is 1. The summed E-state index contributed by atoms with van der Waals surface area (Å²) in [4.78, 5) is 11.8. The number of ether oxygens (including phenoxy) is 1. The molecule has 0 radical (unpaired) electrons. The van der Waals surface area contributed by atoms with E-state index in [0.29, 0.717) is 12.2 Å². The van der Waals surface area contributed by atoms with Gasteiger partial charge < -0.3 is 10.1 Å². The van der Waals surface area contributed by atoms with Crippen LogP contribution in [0.2, 0.25) is 0 Å². The molecule has 1 N–H and O–H groups in total. The second-order valence-electron chi connectivity index (χ2n) is 3.61. The fourth-order valence-corrected chi connectivity index (χ4v) is 1.44. The first kappa shape index (κ1) is 12.6. The zero-order valence-corrected chi connectivity index (χ0v) is 9.71. The van der Waals surface area contributed by atoms with Crippen LogP contribution in [0, 0.1) is 5.82 Å². The van der Waals surface area contributed by atoms with Crippen molar-refractivity contribution in [3.8, 4) is 0 Å². The highest BCUT2D eigenvalue weighted by Gasteiger charge is 2.35. The fourth-order valence-electron chi connectivity index (χ4n) is 1.44. The van der Waals surface area contributed by atoms with Crippen LogP contribution in [0.4, 0.5) is 4.39 Å². The molecule has 0 aliphatic carbocycles. The van der Waals surface area contributed by atoms with E-state index >= 15 is 0 Å². The van der Waals surface area contributed by atoms with Crippen LogP contribution in [0.3, 0.4) is 0 Å². The minimum absolute atomic E-state index is 0.297. The number of hydrogen-bond acceptors (Lipinski definition) is 3. The topological polar surface area (TPSA) is 38.3 Å². The summed E-state index contributed by atoms with van der Waals surface area (Å²) in [5, 5.41) is 2.87. The van der Waals surface area contributed by atoms with Gasteiger partial charge in [-0.15, -0.1) is 0 Å². The Kier molecular flexibility index (Phi) is 4.01. The Labute approximate surface area is 94.6 Å². The van der Waals surface area contributed by atoms with Crippen molar-refractivity contribution in [1.82, 2.24) is 5.32 Å². The minimum Gasteiger partial charge on any atom is -0.464 e. The molecule has 0 spiro atoms. The number of hydrogen-bond donors (Lipinski definition) is 1. The lowest BCUT2D eigenvalue weighted by atomic mass is 9.92. The summed E-state index contributed by atoms with van der Waals surface area (Å²) in [5.74, 6) is -0.786. The van der Waals surface area contributed by atoms with Crippen LogP contribution in [0.5, 0.6) is 0 Å². The van der Waals surface area contributed by atoms with E-state index in [-0.39, 0.29) is 5.82 Å². The Balaban J connectivity index is 3.09. The number of rotatable bonds is 4. The first-order chi connectivity index (χ1) is 7.54. The molecule has 0 amide bonds. The van der Waals surface area contributed by atoms with Gasteiger partial charge in [0.25, 0.3) is 0 Å². The van der Waals surface area contributed by atoms with Crippen LogP contribution in [0.1, 0.15) is 19.4 Å². The van der Waals surface area contributed by atoms with Gasteiger partial charge in [0.1, 0.15) is 11.4 Å². The van der Waals surface area contributed by atoms with Crippen molar-refractivity contribution < 1.29 is 13.9 Å². The third-order valence-electron chi connectivity index (χ3n) is 2.59. The molecule has 0 aliphatic heterocycles. The third-order valence-corrected chi connectivity index (χ3v) is 2.59. The zero-order valence-electron chi connectivity index (χ0n) is 9.71. The van der Waals surface area contributed by atoms with Crippen molar-refractivity contribution in [3.05, 3.63) is 35.6 Å². The Morgan fingerprint density at radius 1 is 1.56 bits per heavy atom. The standard InChI is InChI=1S/C12H16FNO2/c1-4-16-11(15)12(2,14-3)9-6-5-7-10(13)8-9/h5-8,14H,4H2,1-3H3. The van der Waals surface area contributed by atoms with Gasteiger partial charge >= 0.3 is 5.97 Å². The summed E-state index contributed by atoms with van der Waals surface area (Å²) in [6, 6.07) is 5.92. The van der Waals surface area contributed by atoms with Crippen LogP contribution >= 0.6 is 0 Å². The Morgan fingerprint density at radius 2 is 2.25 bits per heavy atom. The molecule has 0 heterocycles. The zero-order chi connectivity index (χ0) is 12.2. The van der Waals surface area contributed by atoms with Gasteiger partial charge in [0.2, 0.25) is 0 Å². The maximum absolute atomic E-state index is 13.1. The molecule has 0 aliphatic rings. The monoisotopic (exact) mass is 225 g/mol. The van der Waals surface area contributed by atoms with Crippen molar-refractivity contribution in [3.63, 3.8) is 0 Å². The van der Waals surface area contributed by atoms with E-state index in [2.05, 4.69) is 5.32 Å². The van der Waals surface area contributed by atoms with Crippen LogP contribution in [0.25, 0.3) is 0 Å². The number of halogens is 1. The smallest absolute Gasteiger partial charge is 0.330 e. The summed E-state index contributed by atoms with van der Waals surface area (Å²) < 4.78 is 18.1. The summed E-state index contributed by atoms with van der Waals surface area (Å²) >= 11 is 0. The van der Waals surface area contributed by atoms with Crippen molar-refractivity contribution in [1.29, 1.82) is 0 Å². The first-order valence-corrected chi connectivity index (χ1v) is 5.16. The van der Waals surface area contributed by atoms with E-state index < -0.39 is 11.5 Å². The number of carbonyl (C=O) groups is 1. The number of likely N-dealkylation sites (N-methyl/N-ethyl adjacent to an activating group) is 1. The molecule has 1 aromatic carbocycles. The molecular weight excluding hydrogens is 209 g/mol. The lowest BCUT2D eigenvalue weighted by molar-refractivity contribution is -0.150. The summed E-state index contributed by atoms with van der Waals surface area (Å²) in [6.45, 7) is 3.70. The van der Waals surface area contributed by atoms with Crippen LogP contribution in [-0.2, 0) is 15.1 Å². The van der Waals surface area contributed by atoms with Crippen molar-refractivity contribution in [2.45, 2.75) is 19.4 Å². The molecule has 1 unspecified atom stereocenters. The normalized spacial score (nSPS) is 14.2. The van der Waals surface area contributed by atoms with Crippen molar-refractivity contribution in [2.75, 3.05) is 13.7 Å². The molecule has 3 nitrogen and oxygen atoms in total. The molecule has 88 valence electrons. The van der Waals surface area contributed by atoms with E-state index in [1.807, 2.05) is 0 Å². The molecule has 4 heteroatoms. The van der Waals surface area contributed by atoms with Gasteiger partial charge in [-0.05, 0) is 38.6 Å². The SMILES string of the molecule is CCOC(=O)C(C)(NC)c1cccc(F)c1. The highest BCUT2D eigenvalue weighted by Crippen LogP contribution is 2.22. The lowest BCUT2D eigenvalue weighted by Crippen LogP contribution is -2.45. The third kappa shape index (κ3) is 2.39. The molecule has 1 aromatic rings. The maximum atomic E-state index is 13.1. The lowest BCUT2D eigenvalue weighted by Gasteiger charge is -2.27. The molecule has 0 saturated heterocycles. The predicted octanol–water partition coefficient (Wildman–Crippen LogP) is 1.82. The second kappa shape index (κ2) is 5.07. The molecular formula is C12H16FNO2. The van der Waals surface area contributed by atoms with E-state index in [1.54, 1.807) is 33.0 Å². The molecule has 1 rings (SSSR count). The largest absolute Gasteiger partial charge is 0.464 e. The second-order valence-corrected chi connectivity index (χ2v) is 3.61. The number of nitrogens with one attached hydrogen (secondary N) is 1. The summed E-state index contributed by atoms with van der Waals surface area (Å²) in [5.41, 5.74) is -0.466. The number of esters is 1. The average molecular weight is 225 g/mol. The molecule has 0 fully saturated rings. The van der Waals surface area contributed by atoms with E-state index in [4.69, 9.17) is 4.74 Å². The number of benzene rings is 1. The predicted molar refractivity (Wildman–Crippen MR) is 59.4 cm³/mol. The van der Waals surface area contributed by atoms with Crippen molar-refractivity contribution >= 4 is 5.97 Å². The van der Waals surface area contributed by atoms with Gasteiger partial charge in [-0.25, -0.2) is 9.18 Å². The quantitative estimate of drug-likeness (QED) is 0.794. The highest BCUT2D eigenvalue weighted by molar-refractivity contribution is 5.82. The fraction of sp³-hybridized carbons (Fsp3) is 0.417. The Morgan fingerprint density at radius 3 is 2.75 bits per heavy atom. The van der Waals surface area contributed by atoms with Gasteiger partial charge in [0.05, 0.1) is 6.61 Å². The van der Waals surface area contributed by atoms with Gasteiger partial charge in [-0.1, -0.05) is 12.1 Å². The van der Waals surface area contributed by atoms with Gasteiger partial charge in [-0.2, -0.15) is 0 Å². The van der Waals surface area contributed by atoms with E-state index in [0.717, 1.165) is 0 Å². The van der Waals surface area contributed by atoms with Gasteiger partial charge in [0.15, 0.2) is 0 Å². The average Bonchev–Trinajstić information content (AvgIpc) is 2.28. The van der Waals surface area contributed by atoms with Gasteiger partial charge in [-0.3, -0.25) is 0 Å². The summed E-state index contributed by atoms with van der Waals surface area (Å²) in [7, 11) is 1.64. The van der Waals surface area contributed by atoms with E-state index in [9.17, 15) is 9.18 Å². The Bertz CT molecular complexity index is 381. The first-order valence-electron chi connectivity index (χ1n) is 5.16. The molecule has 0 saturated carbocycles.